The number of urea groups is 2. The number of carbonyl (C=O) groups excluding carboxylic acids is 2. The van der Waals surface area contributed by atoms with Gasteiger partial charge in [-0.2, -0.15) is 0 Å². The largest absolute Gasteiger partial charge is 0.325 e. The minimum absolute atomic E-state index is 0.0888. The van der Waals surface area contributed by atoms with Crippen molar-refractivity contribution in [3.05, 3.63) is 10.5 Å². The number of aromatic nitrogens is 1. The monoisotopic (exact) mass is 455 g/mol. The molecule has 2 aliphatic rings. The predicted molar refractivity (Wildman–Crippen MR) is 122 cm³/mol. The van der Waals surface area contributed by atoms with E-state index in [9.17, 15) is 9.59 Å². The fourth-order valence-corrected chi connectivity index (χ4v) is 5.45. The lowest BCUT2D eigenvalue weighted by atomic mass is 9.85. The Morgan fingerprint density at radius 3 is 2.27 bits per heavy atom. The van der Waals surface area contributed by atoms with E-state index in [4.69, 9.17) is 11.6 Å². The Kier molecular flexibility index (Phi) is 8.22. The molecule has 2 heterocycles. The maximum Gasteiger partial charge on any atom is 0.324 e. The van der Waals surface area contributed by atoms with Crippen LogP contribution in [0.2, 0.25) is 4.34 Å². The van der Waals surface area contributed by atoms with Crippen LogP contribution in [0, 0.1) is 5.92 Å². The third-order valence-electron chi connectivity index (χ3n) is 6.47. The second-order valence-electron chi connectivity index (χ2n) is 8.39. The molecule has 2 fully saturated rings. The van der Waals surface area contributed by atoms with Crippen LogP contribution in [0.1, 0.15) is 59.3 Å². The van der Waals surface area contributed by atoms with Gasteiger partial charge in [0.05, 0.1) is 6.20 Å². The highest BCUT2D eigenvalue weighted by molar-refractivity contribution is 7.19. The van der Waals surface area contributed by atoms with Gasteiger partial charge in [0.2, 0.25) is 0 Å². The van der Waals surface area contributed by atoms with E-state index in [1.807, 2.05) is 23.6 Å². The summed E-state index contributed by atoms with van der Waals surface area (Å²) >= 11 is 7.26. The molecular formula is C21H34ClN5O2S. The Morgan fingerprint density at radius 1 is 1.13 bits per heavy atom. The minimum Gasteiger partial charge on any atom is -0.325 e. The molecule has 0 unspecified atom stereocenters. The SMILES string of the molecule is CCN(CC)C(=O)N1CCC(N(C(=O)Nc2ncc(Cl)s2)[C@H]2CC[C@H](C)CC2)CC1. The molecule has 1 aromatic heterocycles. The van der Waals surface area contributed by atoms with E-state index in [1.54, 1.807) is 6.20 Å². The number of nitrogens with one attached hydrogen (secondary N) is 1. The summed E-state index contributed by atoms with van der Waals surface area (Å²) in [6.07, 6.45) is 7.55. The molecule has 0 aromatic carbocycles. The molecule has 1 saturated heterocycles. The van der Waals surface area contributed by atoms with E-state index >= 15 is 0 Å². The van der Waals surface area contributed by atoms with Crippen molar-refractivity contribution >= 4 is 40.1 Å². The van der Waals surface area contributed by atoms with E-state index in [-0.39, 0.29) is 24.1 Å². The number of amides is 4. The Labute approximate surface area is 188 Å². The van der Waals surface area contributed by atoms with Crippen molar-refractivity contribution in [1.82, 2.24) is 19.7 Å². The molecule has 4 amide bonds. The van der Waals surface area contributed by atoms with Gasteiger partial charge in [-0.3, -0.25) is 5.32 Å². The molecule has 1 aliphatic carbocycles. The normalized spacial score (nSPS) is 22.6. The topological polar surface area (TPSA) is 68.8 Å². The van der Waals surface area contributed by atoms with Crippen LogP contribution < -0.4 is 5.32 Å². The lowest BCUT2D eigenvalue weighted by Gasteiger charge is -2.44. The van der Waals surface area contributed by atoms with Crippen LogP contribution >= 0.6 is 22.9 Å². The lowest BCUT2D eigenvalue weighted by Crippen LogP contribution is -2.55. The zero-order valence-electron chi connectivity index (χ0n) is 18.3. The maximum absolute atomic E-state index is 13.3. The third kappa shape index (κ3) is 5.58. The minimum atomic E-state index is -0.0888. The molecule has 30 heavy (non-hydrogen) atoms. The standard InChI is InChI=1S/C21H34ClN5O2S/c1-4-25(5-2)21(29)26-12-10-17(11-13-26)27(16-8-6-15(3)7-9-16)20(28)24-19-23-14-18(22)30-19/h14-17H,4-13H2,1-3H3,(H,23,24,28)/t15-,16-. The van der Waals surface area contributed by atoms with Crippen LogP contribution in [-0.2, 0) is 0 Å². The van der Waals surface area contributed by atoms with Gasteiger partial charge in [-0.25, -0.2) is 14.6 Å². The summed E-state index contributed by atoms with van der Waals surface area (Å²) in [6.45, 7) is 9.13. The summed E-state index contributed by atoms with van der Waals surface area (Å²) in [5.41, 5.74) is 0. The molecule has 0 atom stereocenters. The Bertz CT molecular complexity index is 710. The van der Waals surface area contributed by atoms with Gasteiger partial charge in [0, 0.05) is 38.3 Å². The van der Waals surface area contributed by atoms with Crippen LogP contribution in [0.15, 0.2) is 6.20 Å². The number of likely N-dealkylation sites (tertiary alicyclic amines) is 1. The highest BCUT2D eigenvalue weighted by Crippen LogP contribution is 2.32. The lowest BCUT2D eigenvalue weighted by molar-refractivity contribution is 0.0818. The van der Waals surface area contributed by atoms with Crippen molar-refractivity contribution in [1.29, 1.82) is 0 Å². The average molecular weight is 456 g/mol. The molecule has 1 N–H and O–H groups in total. The molecule has 7 nitrogen and oxygen atoms in total. The summed E-state index contributed by atoms with van der Waals surface area (Å²) in [4.78, 5) is 36.0. The fourth-order valence-electron chi connectivity index (χ4n) is 4.65. The summed E-state index contributed by atoms with van der Waals surface area (Å²) in [5.74, 6) is 0.720. The molecule has 0 bridgehead atoms. The number of hydrogen-bond donors (Lipinski definition) is 1. The first-order valence-electron chi connectivity index (χ1n) is 11.2. The molecule has 9 heteroatoms. The average Bonchev–Trinajstić information content (AvgIpc) is 3.15. The van der Waals surface area contributed by atoms with Gasteiger partial charge >= 0.3 is 12.1 Å². The van der Waals surface area contributed by atoms with Gasteiger partial charge in [0.1, 0.15) is 4.34 Å². The number of nitrogens with zero attached hydrogens (tertiary/aromatic N) is 4. The Hall–Kier alpha value is -1.54. The van der Waals surface area contributed by atoms with Gasteiger partial charge in [0.25, 0.3) is 0 Å². The molecule has 1 aliphatic heterocycles. The first-order chi connectivity index (χ1) is 14.4. The Balaban J connectivity index is 1.68. The van der Waals surface area contributed by atoms with Gasteiger partial charge in [-0.05, 0) is 58.3 Å². The molecule has 1 saturated carbocycles. The first kappa shape index (κ1) is 23.1. The van der Waals surface area contributed by atoms with E-state index in [0.29, 0.717) is 22.6 Å². The summed E-state index contributed by atoms with van der Waals surface area (Å²) < 4.78 is 0.562. The number of hydrogen-bond acceptors (Lipinski definition) is 4. The smallest absolute Gasteiger partial charge is 0.324 e. The van der Waals surface area contributed by atoms with E-state index < -0.39 is 0 Å². The molecule has 168 valence electrons. The summed E-state index contributed by atoms with van der Waals surface area (Å²) in [6, 6.07) is 0.402. The number of anilines is 1. The van der Waals surface area contributed by atoms with Crippen molar-refractivity contribution in [2.75, 3.05) is 31.5 Å². The number of halogens is 1. The molecule has 1 aromatic rings. The van der Waals surface area contributed by atoms with Crippen LogP contribution in [0.25, 0.3) is 0 Å². The van der Waals surface area contributed by atoms with Crippen molar-refractivity contribution in [2.45, 2.75) is 71.4 Å². The quantitative estimate of drug-likeness (QED) is 0.668. The first-order valence-corrected chi connectivity index (χ1v) is 12.4. The van der Waals surface area contributed by atoms with Crippen LogP contribution in [0.5, 0.6) is 0 Å². The second kappa shape index (κ2) is 10.7. The van der Waals surface area contributed by atoms with Crippen molar-refractivity contribution in [3.63, 3.8) is 0 Å². The van der Waals surface area contributed by atoms with Crippen LogP contribution in [-0.4, -0.2) is 70.0 Å². The molecule has 3 rings (SSSR count). The second-order valence-corrected chi connectivity index (χ2v) is 10.1. The van der Waals surface area contributed by atoms with E-state index in [0.717, 1.165) is 57.5 Å². The maximum atomic E-state index is 13.3. The van der Waals surface area contributed by atoms with Gasteiger partial charge < -0.3 is 14.7 Å². The van der Waals surface area contributed by atoms with Crippen LogP contribution in [0.4, 0.5) is 14.7 Å². The van der Waals surface area contributed by atoms with Crippen molar-refractivity contribution in [3.8, 4) is 0 Å². The van der Waals surface area contributed by atoms with Gasteiger partial charge in [-0.15, -0.1) is 0 Å². The highest BCUT2D eigenvalue weighted by atomic mass is 35.5. The fraction of sp³-hybridized carbons (Fsp3) is 0.762. The van der Waals surface area contributed by atoms with Crippen molar-refractivity contribution in [2.24, 2.45) is 5.92 Å². The molecular weight excluding hydrogens is 422 g/mol. The van der Waals surface area contributed by atoms with Crippen molar-refractivity contribution < 1.29 is 9.59 Å². The Morgan fingerprint density at radius 2 is 1.73 bits per heavy atom. The zero-order valence-corrected chi connectivity index (χ0v) is 19.8. The predicted octanol–water partition coefficient (Wildman–Crippen LogP) is 5.14. The van der Waals surface area contributed by atoms with E-state index in [2.05, 4.69) is 22.1 Å². The van der Waals surface area contributed by atoms with Crippen LogP contribution in [0.3, 0.4) is 0 Å². The van der Waals surface area contributed by atoms with Gasteiger partial charge in [-0.1, -0.05) is 29.9 Å². The number of thiazole rings is 1. The third-order valence-corrected chi connectivity index (χ3v) is 7.50. The highest BCUT2D eigenvalue weighted by Gasteiger charge is 2.36. The number of carbonyl (C=O) groups is 2. The number of rotatable bonds is 5. The number of piperidine rings is 1. The molecule has 0 spiro atoms. The van der Waals surface area contributed by atoms with Gasteiger partial charge in [0.15, 0.2) is 5.13 Å². The summed E-state index contributed by atoms with van der Waals surface area (Å²) in [7, 11) is 0. The zero-order chi connectivity index (χ0) is 21.7. The molecule has 0 radical (unpaired) electrons. The van der Waals surface area contributed by atoms with E-state index in [1.165, 1.54) is 11.3 Å². The summed E-state index contributed by atoms with van der Waals surface area (Å²) in [5, 5.41) is 3.50.